The normalized spacial score (nSPS) is 17.1. The first-order valence-electron chi connectivity index (χ1n) is 12.7. The van der Waals surface area contributed by atoms with Gasteiger partial charge in [0.05, 0.1) is 24.9 Å². The van der Waals surface area contributed by atoms with Crippen LogP contribution < -0.4 is 15.4 Å². The Morgan fingerprint density at radius 2 is 1.76 bits per heavy atom. The topological polar surface area (TPSA) is 54.4 Å². The van der Waals surface area contributed by atoms with E-state index in [1.165, 1.54) is 17.0 Å². The summed E-state index contributed by atoms with van der Waals surface area (Å²) in [5.41, 5.74) is 6.88. The van der Waals surface area contributed by atoms with E-state index in [9.17, 15) is 0 Å². The minimum absolute atomic E-state index is 0.0272. The van der Waals surface area contributed by atoms with Crippen molar-refractivity contribution in [2.45, 2.75) is 32.4 Å². The summed E-state index contributed by atoms with van der Waals surface area (Å²) in [7, 11) is 1.69. The molecule has 0 saturated carbocycles. The van der Waals surface area contributed by atoms with Gasteiger partial charge < -0.3 is 24.8 Å². The number of pyridine rings is 1. The van der Waals surface area contributed by atoms with Crippen LogP contribution in [0.2, 0.25) is 0 Å². The van der Waals surface area contributed by atoms with Crippen molar-refractivity contribution in [3.63, 3.8) is 0 Å². The summed E-state index contributed by atoms with van der Waals surface area (Å²) >= 11 is 5.89. The molecule has 2 N–H and O–H groups in total. The highest BCUT2D eigenvalue weighted by molar-refractivity contribution is 7.80. The van der Waals surface area contributed by atoms with E-state index < -0.39 is 0 Å². The third-order valence-corrected chi connectivity index (χ3v) is 7.35. The van der Waals surface area contributed by atoms with E-state index in [4.69, 9.17) is 21.9 Å². The summed E-state index contributed by atoms with van der Waals surface area (Å²) in [5, 5.41) is 7.88. The molecule has 37 heavy (non-hydrogen) atoms. The van der Waals surface area contributed by atoms with Crippen molar-refractivity contribution in [1.82, 2.24) is 19.8 Å². The monoisotopic (exact) mass is 511 g/mol. The van der Waals surface area contributed by atoms with Gasteiger partial charge in [-0.3, -0.25) is 4.98 Å². The van der Waals surface area contributed by atoms with Crippen LogP contribution >= 0.6 is 12.2 Å². The molecule has 2 atom stereocenters. The molecule has 0 radical (unpaired) electrons. The Morgan fingerprint density at radius 1 is 1.00 bits per heavy atom. The smallest absolute Gasteiger partial charge is 0.170 e. The van der Waals surface area contributed by atoms with Gasteiger partial charge in [0.25, 0.3) is 0 Å². The third kappa shape index (κ3) is 5.18. The molecule has 0 amide bonds. The Morgan fingerprint density at radius 3 is 2.46 bits per heavy atom. The van der Waals surface area contributed by atoms with Gasteiger partial charge in [-0.1, -0.05) is 24.3 Å². The van der Waals surface area contributed by atoms with E-state index >= 15 is 0 Å². The summed E-state index contributed by atoms with van der Waals surface area (Å²) in [5.74, 6) is 0.849. The molecule has 3 heterocycles. The lowest BCUT2D eigenvalue weighted by Gasteiger charge is -2.28. The van der Waals surface area contributed by atoms with E-state index in [2.05, 4.69) is 70.3 Å². The standard InChI is InChI=1S/C30H33N5OS/c1-21-20-26(22(2)35(21)24-13-15-25(36-3)16-14-24)29-28(27-12-7-8-17-32-27)33-30(37)34(29)19-9-18-31-23-10-5-4-6-11-23/h4-8,10-17,20,28-29,31H,9,18-19H2,1-3H3,(H,33,37). The average molecular weight is 512 g/mol. The van der Waals surface area contributed by atoms with E-state index in [1.807, 2.05) is 48.7 Å². The summed E-state index contributed by atoms with van der Waals surface area (Å²) in [4.78, 5) is 7.03. The molecule has 190 valence electrons. The number of nitrogens with zero attached hydrogens (tertiary/aromatic N) is 3. The highest BCUT2D eigenvalue weighted by Crippen LogP contribution is 2.41. The van der Waals surface area contributed by atoms with Crippen molar-refractivity contribution in [3.05, 3.63) is 108 Å². The number of nitrogens with one attached hydrogen (secondary N) is 2. The van der Waals surface area contributed by atoms with Gasteiger partial charge in [0, 0.05) is 42.0 Å². The molecule has 5 rings (SSSR count). The SMILES string of the molecule is COc1ccc(-n2c(C)cc(C3C(c4ccccn4)NC(=S)N3CCCNc3ccccc3)c2C)cc1. The fourth-order valence-electron chi connectivity index (χ4n) is 5.24. The number of aryl methyl sites for hydroxylation is 1. The van der Waals surface area contributed by atoms with Crippen molar-refractivity contribution in [1.29, 1.82) is 0 Å². The molecular weight excluding hydrogens is 478 g/mol. The number of ether oxygens (including phenoxy) is 1. The Labute approximate surface area is 224 Å². The number of anilines is 1. The summed E-state index contributed by atoms with van der Waals surface area (Å²) < 4.78 is 7.67. The van der Waals surface area contributed by atoms with Gasteiger partial charge in [-0.15, -0.1) is 0 Å². The fourth-order valence-corrected chi connectivity index (χ4v) is 5.57. The van der Waals surface area contributed by atoms with E-state index in [1.54, 1.807) is 7.11 Å². The summed E-state index contributed by atoms with van der Waals surface area (Å²) in [6, 6.07) is 26.9. The first-order chi connectivity index (χ1) is 18.1. The van der Waals surface area contributed by atoms with E-state index in [0.717, 1.165) is 47.4 Å². The number of hydrogen-bond donors (Lipinski definition) is 2. The molecule has 2 aromatic carbocycles. The molecule has 4 aromatic rings. The molecule has 1 aliphatic heterocycles. The van der Waals surface area contributed by atoms with Crippen LogP contribution in [0.3, 0.4) is 0 Å². The maximum atomic E-state index is 5.89. The maximum absolute atomic E-state index is 5.89. The van der Waals surface area contributed by atoms with Crippen molar-refractivity contribution < 1.29 is 4.74 Å². The zero-order valence-corrected chi connectivity index (χ0v) is 22.3. The molecule has 0 spiro atoms. The second-order valence-corrected chi connectivity index (χ2v) is 9.71. The lowest BCUT2D eigenvalue weighted by atomic mass is 9.96. The number of methoxy groups -OCH3 is 1. The van der Waals surface area contributed by atoms with Crippen LogP contribution in [0.5, 0.6) is 5.75 Å². The largest absolute Gasteiger partial charge is 0.497 e. The lowest BCUT2D eigenvalue weighted by molar-refractivity contribution is 0.315. The van der Waals surface area contributed by atoms with Crippen LogP contribution in [-0.4, -0.2) is 39.8 Å². The van der Waals surface area contributed by atoms with Gasteiger partial charge >= 0.3 is 0 Å². The molecule has 0 aliphatic carbocycles. The first kappa shape index (κ1) is 24.8. The van der Waals surface area contributed by atoms with Crippen LogP contribution in [-0.2, 0) is 0 Å². The fraction of sp³-hybridized carbons (Fsp3) is 0.267. The Hall–Kier alpha value is -3.84. The first-order valence-corrected chi connectivity index (χ1v) is 13.1. The summed E-state index contributed by atoms with van der Waals surface area (Å²) in [6.45, 7) is 6.06. The summed E-state index contributed by atoms with van der Waals surface area (Å²) in [6.07, 6.45) is 2.81. The predicted molar refractivity (Wildman–Crippen MR) is 154 cm³/mol. The quantitative estimate of drug-likeness (QED) is 0.213. The predicted octanol–water partition coefficient (Wildman–Crippen LogP) is 5.97. The zero-order valence-electron chi connectivity index (χ0n) is 21.5. The molecule has 6 nitrogen and oxygen atoms in total. The van der Waals surface area contributed by atoms with Crippen molar-refractivity contribution in [2.75, 3.05) is 25.5 Å². The molecule has 0 bridgehead atoms. The number of aromatic nitrogens is 2. The van der Waals surface area contributed by atoms with Crippen molar-refractivity contribution in [2.24, 2.45) is 0 Å². The molecule has 1 aliphatic rings. The minimum Gasteiger partial charge on any atom is -0.497 e. The molecule has 1 fully saturated rings. The molecule has 2 aromatic heterocycles. The zero-order chi connectivity index (χ0) is 25.8. The van der Waals surface area contributed by atoms with Gasteiger partial charge in [0.15, 0.2) is 5.11 Å². The highest BCUT2D eigenvalue weighted by Gasteiger charge is 2.41. The van der Waals surface area contributed by atoms with Crippen LogP contribution in [0.4, 0.5) is 5.69 Å². The van der Waals surface area contributed by atoms with Gasteiger partial charge in [-0.2, -0.15) is 0 Å². The number of thiocarbonyl (C=S) groups is 1. The van der Waals surface area contributed by atoms with Gasteiger partial charge in [-0.25, -0.2) is 0 Å². The second kappa shape index (κ2) is 11.0. The Balaban J connectivity index is 1.45. The number of hydrogen-bond acceptors (Lipinski definition) is 4. The average Bonchev–Trinajstić information content (AvgIpc) is 3.42. The number of para-hydroxylation sites is 1. The van der Waals surface area contributed by atoms with E-state index in [0.29, 0.717) is 0 Å². The Kier molecular flexibility index (Phi) is 7.42. The second-order valence-electron chi connectivity index (χ2n) is 9.33. The molecule has 2 unspecified atom stereocenters. The minimum atomic E-state index is -0.0272. The van der Waals surface area contributed by atoms with Crippen LogP contribution in [0.1, 0.15) is 41.1 Å². The van der Waals surface area contributed by atoms with E-state index in [-0.39, 0.29) is 12.1 Å². The molecule has 1 saturated heterocycles. The van der Waals surface area contributed by atoms with Crippen LogP contribution in [0.15, 0.2) is 85.1 Å². The highest BCUT2D eigenvalue weighted by atomic mass is 32.1. The van der Waals surface area contributed by atoms with Crippen LogP contribution in [0, 0.1) is 13.8 Å². The van der Waals surface area contributed by atoms with Gasteiger partial charge in [0.2, 0.25) is 0 Å². The lowest BCUT2D eigenvalue weighted by Crippen LogP contribution is -2.31. The Bertz CT molecular complexity index is 1340. The van der Waals surface area contributed by atoms with Crippen LogP contribution in [0.25, 0.3) is 5.69 Å². The molecular formula is C30H33N5OS. The maximum Gasteiger partial charge on any atom is 0.170 e. The number of rotatable bonds is 9. The van der Waals surface area contributed by atoms with Gasteiger partial charge in [0.1, 0.15) is 5.75 Å². The molecule has 7 heteroatoms. The number of benzene rings is 2. The van der Waals surface area contributed by atoms with Crippen molar-refractivity contribution >= 4 is 23.0 Å². The third-order valence-electron chi connectivity index (χ3n) is 7.00. The van der Waals surface area contributed by atoms with Crippen molar-refractivity contribution in [3.8, 4) is 11.4 Å². The van der Waals surface area contributed by atoms with Gasteiger partial charge in [-0.05, 0) is 92.6 Å².